The maximum atomic E-state index is 13.4. The van der Waals surface area contributed by atoms with Gasteiger partial charge in [-0.05, 0) is 23.6 Å². The summed E-state index contributed by atoms with van der Waals surface area (Å²) in [6.45, 7) is 0.405. The number of nitrogens with one attached hydrogen (secondary N) is 1. The lowest BCUT2D eigenvalue weighted by molar-refractivity contribution is 0.613. The Labute approximate surface area is 96.5 Å². The SMILES string of the molecule is Fc1cccc(Cl)c1CNc1ccsc1. The summed E-state index contributed by atoms with van der Waals surface area (Å²) in [7, 11) is 0. The Morgan fingerprint density at radius 2 is 2.20 bits per heavy atom. The predicted octanol–water partition coefficient (Wildman–Crippen LogP) is 4.15. The molecule has 2 aromatic rings. The molecule has 0 saturated heterocycles. The molecule has 0 radical (unpaired) electrons. The van der Waals surface area contributed by atoms with Crippen LogP contribution < -0.4 is 5.32 Å². The molecule has 15 heavy (non-hydrogen) atoms. The van der Waals surface area contributed by atoms with Crippen molar-refractivity contribution in [3.8, 4) is 0 Å². The molecule has 0 atom stereocenters. The summed E-state index contributed by atoms with van der Waals surface area (Å²) in [5.74, 6) is -0.273. The lowest BCUT2D eigenvalue weighted by Crippen LogP contribution is -2.01. The van der Waals surface area contributed by atoms with Crippen LogP contribution in [0.2, 0.25) is 5.02 Å². The fourth-order valence-corrected chi connectivity index (χ4v) is 2.10. The average Bonchev–Trinajstić information content (AvgIpc) is 2.70. The highest BCUT2D eigenvalue weighted by molar-refractivity contribution is 7.08. The van der Waals surface area contributed by atoms with Gasteiger partial charge in [0.1, 0.15) is 5.82 Å². The van der Waals surface area contributed by atoms with E-state index in [4.69, 9.17) is 11.6 Å². The molecule has 2 rings (SSSR count). The first kappa shape index (κ1) is 10.5. The van der Waals surface area contributed by atoms with Crippen LogP contribution in [0.4, 0.5) is 10.1 Å². The lowest BCUT2D eigenvalue weighted by Gasteiger charge is -2.07. The molecule has 0 aliphatic carbocycles. The van der Waals surface area contributed by atoms with Crippen molar-refractivity contribution in [3.05, 3.63) is 51.4 Å². The molecule has 1 aromatic carbocycles. The lowest BCUT2D eigenvalue weighted by atomic mass is 10.2. The Bertz CT molecular complexity index is 422. The Morgan fingerprint density at radius 1 is 1.33 bits per heavy atom. The maximum Gasteiger partial charge on any atom is 0.129 e. The second-order valence-electron chi connectivity index (χ2n) is 3.07. The third-order valence-corrected chi connectivity index (χ3v) is 3.09. The standard InChI is InChI=1S/C11H9ClFNS/c12-10-2-1-3-11(13)9(10)6-14-8-4-5-15-7-8/h1-5,7,14H,6H2. The van der Waals surface area contributed by atoms with Gasteiger partial charge in [-0.2, -0.15) is 11.3 Å². The highest BCUT2D eigenvalue weighted by atomic mass is 35.5. The third-order valence-electron chi connectivity index (χ3n) is 2.05. The fourth-order valence-electron chi connectivity index (χ4n) is 1.26. The van der Waals surface area contributed by atoms with Gasteiger partial charge in [-0.25, -0.2) is 4.39 Å². The van der Waals surface area contributed by atoms with Crippen LogP contribution in [0.25, 0.3) is 0 Å². The monoisotopic (exact) mass is 241 g/mol. The van der Waals surface area contributed by atoms with E-state index < -0.39 is 0 Å². The van der Waals surface area contributed by atoms with Gasteiger partial charge >= 0.3 is 0 Å². The first-order valence-corrected chi connectivity index (χ1v) is 5.78. The summed E-state index contributed by atoms with van der Waals surface area (Å²) >= 11 is 7.49. The Hall–Kier alpha value is -1.06. The number of rotatable bonds is 3. The van der Waals surface area contributed by atoms with Crippen molar-refractivity contribution >= 4 is 28.6 Å². The fraction of sp³-hybridized carbons (Fsp3) is 0.0909. The van der Waals surface area contributed by atoms with E-state index in [9.17, 15) is 4.39 Å². The van der Waals surface area contributed by atoms with E-state index in [-0.39, 0.29) is 5.82 Å². The summed E-state index contributed by atoms with van der Waals surface area (Å²) in [6, 6.07) is 6.65. The number of hydrogen-bond donors (Lipinski definition) is 1. The summed E-state index contributed by atoms with van der Waals surface area (Å²) < 4.78 is 13.4. The number of halogens is 2. The molecule has 0 fully saturated rings. The second-order valence-corrected chi connectivity index (χ2v) is 4.25. The van der Waals surface area contributed by atoms with Gasteiger partial charge in [-0.15, -0.1) is 0 Å². The third kappa shape index (κ3) is 2.49. The normalized spacial score (nSPS) is 10.3. The van der Waals surface area contributed by atoms with Crippen LogP contribution in [-0.4, -0.2) is 0 Å². The predicted molar refractivity (Wildman–Crippen MR) is 63.1 cm³/mol. The van der Waals surface area contributed by atoms with Crippen LogP contribution >= 0.6 is 22.9 Å². The molecule has 0 spiro atoms. The second kappa shape index (κ2) is 4.64. The molecule has 1 N–H and O–H groups in total. The zero-order valence-corrected chi connectivity index (χ0v) is 9.41. The number of anilines is 1. The van der Waals surface area contributed by atoms with Crippen molar-refractivity contribution in [2.45, 2.75) is 6.54 Å². The molecule has 0 unspecified atom stereocenters. The van der Waals surface area contributed by atoms with Gasteiger partial charge in [0, 0.05) is 28.2 Å². The van der Waals surface area contributed by atoms with Crippen molar-refractivity contribution in [1.29, 1.82) is 0 Å². The van der Waals surface area contributed by atoms with Crippen LogP contribution in [0.3, 0.4) is 0 Å². The van der Waals surface area contributed by atoms with Crippen molar-refractivity contribution in [1.82, 2.24) is 0 Å². The molecule has 4 heteroatoms. The summed E-state index contributed by atoms with van der Waals surface area (Å²) in [6.07, 6.45) is 0. The van der Waals surface area contributed by atoms with E-state index in [2.05, 4.69) is 5.32 Å². The average molecular weight is 242 g/mol. The molecule has 1 nitrogen and oxygen atoms in total. The maximum absolute atomic E-state index is 13.4. The molecule has 1 heterocycles. The van der Waals surface area contributed by atoms with E-state index >= 15 is 0 Å². The van der Waals surface area contributed by atoms with E-state index in [0.29, 0.717) is 17.1 Å². The molecule has 78 valence electrons. The molecular weight excluding hydrogens is 233 g/mol. The van der Waals surface area contributed by atoms with Crippen LogP contribution in [0.15, 0.2) is 35.0 Å². The van der Waals surface area contributed by atoms with Crippen LogP contribution in [0.5, 0.6) is 0 Å². The van der Waals surface area contributed by atoms with Crippen molar-refractivity contribution in [2.75, 3.05) is 5.32 Å². The van der Waals surface area contributed by atoms with E-state index in [1.54, 1.807) is 23.5 Å². The van der Waals surface area contributed by atoms with E-state index in [1.807, 2.05) is 16.8 Å². The van der Waals surface area contributed by atoms with Gasteiger partial charge in [0.15, 0.2) is 0 Å². The molecule has 0 aliphatic rings. The van der Waals surface area contributed by atoms with Gasteiger partial charge in [0.2, 0.25) is 0 Å². The zero-order chi connectivity index (χ0) is 10.7. The Morgan fingerprint density at radius 3 is 2.87 bits per heavy atom. The molecule has 0 aliphatic heterocycles. The van der Waals surface area contributed by atoms with Crippen LogP contribution in [0, 0.1) is 5.82 Å². The van der Waals surface area contributed by atoms with Crippen molar-refractivity contribution in [2.24, 2.45) is 0 Å². The summed E-state index contributed by atoms with van der Waals surface area (Å²) in [5.41, 5.74) is 1.49. The zero-order valence-electron chi connectivity index (χ0n) is 7.84. The minimum atomic E-state index is -0.273. The number of thiophene rings is 1. The van der Waals surface area contributed by atoms with Gasteiger partial charge in [0.25, 0.3) is 0 Å². The largest absolute Gasteiger partial charge is 0.380 e. The molecular formula is C11H9ClFNS. The topological polar surface area (TPSA) is 12.0 Å². The van der Waals surface area contributed by atoms with Crippen LogP contribution in [-0.2, 0) is 6.54 Å². The smallest absolute Gasteiger partial charge is 0.129 e. The van der Waals surface area contributed by atoms with E-state index in [1.165, 1.54) is 6.07 Å². The molecule has 0 bridgehead atoms. The first-order valence-electron chi connectivity index (χ1n) is 4.46. The number of benzene rings is 1. The van der Waals surface area contributed by atoms with Gasteiger partial charge in [-0.1, -0.05) is 17.7 Å². The van der Waals surface area contributed by atoms with Crippen LogP contribution in [0.1, 0.15) is 5.56 Å². The molecule has 1 aromatic heterocycles. The van der Waals surface area contributed by atoms with Gasteiger partial charge < -0.3 is 5.32 Å². The minimum Gasteiger partial charge on any atom is -0.380 e. The van der Waals surface area contributed by atoms with Gasteiger partial charge in [0.05, 0.1) is 0 Å². The quantitative estimate of drug-likeness (QED) is 0.851. The first-order chi connectivity index (χ1) is 7.27. The van der Waals surface area contributed by atoms with Crippen molar-refractivity contribution < 1.29 is 4.39 Å². The summed E-state index contributed by atoms with van der Waals surface area (Å²) in [5, 5.41) is 7.50. The molecule has 0 saturated carbocycles. The molecule has 0 amide bonds. The van der Waals surface area contributed by atoms with Crippen molar-refractivity contribution in [3.63, 3.8) is 0 Å². The number of hydrogen-bond acceptors (Lipinski definition) is 2. The van der Waals surface area contributed by atoms with E-state index in [0.717, 1.165) is 5.69 Å². The van der Waals surface area contributed by atoms with Gasteiger partial charge in [-0.3, -0.25) is 0 Å². The Kier molecular flexibility index (Phi) is 3.23. The Balaban J connectivity index is 2.11. The highest BCUT2D eigenvalue weighted by Gasteiger charge is 2.05. The summed E-state index contributed by atoms with van der Waals surface area (Å²) in [4.78, 5) is 0. The highest BCUT2D eigenvalue weighted by Crippen LogP contribution is 2.21. The minimum absolute atomic E-state index is 0.273.